The lowest BCUT2D eigenvalue weighted by Gasteiger charge is -2.38. The fraction of sp³-hybridized carbons (Fsp3) is 1.00. The van der Waals surface area contributed by atoms with Crippen LogP contribution in [0.1, 0.15) is 34.1 Å². The molecule has 0 radical (unpaired) electrons. The van der Waals surface area contributed by atoms with E-state index < -0.39 is 0 Å². The van der Waals surface area contributed by atoms with Crippen molar-refractivity contribution in [3.8, 4) is 0 Å². The molecule has 96 valence electrons. The monoisotopic (exact) mass is 227 g/mol. The molecule has 0 bridgehead atoms. The van der Waals surface area contributed by atoms with Gasteiger partial charge in [-0.2, -0.15) is 0 Å². The van der Waals surface area contributed by atoms with Gasteiger partial charge in [0.15, 0.2) is 0 Å². The highest BCUT2D eigenvalue weighted by atomic mass is 15.3. The molecule has 3 nitrogen and oxygen atoms in total. The van der Waals surface area contributed by atoms with Gasteiger partial charge in [0.05, 0.1) is 0 Å². The van der Waals surface area contributed by atoms with Gasteiger partial charge in [0.25, 0.3) is 0 Å². The van der Waals surface area contributed by atoms with Crippen LogP contribution in [-0.2, 0) is 0 Å². The van der Waals surface area contributed by atoms with Crippen molar-refractivity contribution in [1.29, 1.82) is 0 Å². The van der Waals surface area contributed by atoms with Crippen LogP contribution in [0.5, 0.6) is 0 Å². The van der Waals surface area contributed by atoms with Gasteiger partial charge in [0.2, 0.25) is 0 Å². The Balaban J connectivity index is 2.22. The lowest BCUT2D eigenvalue weighted by Crippen LogP contribution is -2.51. The van der Waals surface area contributed by atoms with Gasteiger partial charge >= 0.3 is 0 Å². The summed E-state index contributed by atoms with van der Waals surface area (Å²) >= 11 is 0. The molecular weight excluding hydrogens is 198 g/mol. The average molecular weight is 227 g/mol. The highest BCUT2D eigenvalue weighted by Crippen LogP contribution is 2.19. The molecule has 0 aromatic rings. The fourth-order valence-electron chi connectivity index (χ4n) is 2.07. The van der Waals surface area contributed by atoms with E-state index in [1.54, 1.807) is 0 Å². The smallest absolute Gasteiger partial charge is 0.0191 e. The zero-order chi connectivity index (χ0) is 12.2. The minimum absolute atomic E-state index is 0.460. The molecule has 2 N–H and O–H groups in total. The van der Waals surface area contributed by atoms with Crippen molar-refractivity contribution in [3.63, 3.8) is 0 Å². The molecule has 1 aliphatic heterocycles. The Morgan fingerprint density at radius 2 is 1.69 bits per heavy atom. The van der Waals surface area contributed by atoms with E-state index in [4.69, 9.17) is 5.73 Å². The molecule has 1 atom stereocenters. The summed E-state index contributed by atoms with van der Waals surface area (Å²) in [4.78, 5) is 5.10. The largest absolute Gasteiger partial charge is 0.329 e. The maximum absolute atomic E-state index is 5.70. The van der Waals surface area contributed by atoms with Gasteiger partial charge in [-0.15, -0.1) is 0 Å². The normalized spacial score (nSPS) is 22.3. The van der Waals surface area contributed by atoms with Gasteiger partial charge in [-0.1, -0.05) is 20.8 Å². The molecule has 3 heteroatoms. The summed E-state index contributed by atoms with van der Waals surface area (Å²) in [6.45, 7) is 16.0. The number of hydrogen-bond acceptors (Lipinski definition) is 3. The van der Waals surface area contributed by atoms with Crippen molar-refractivity contribution in [2.24, 2.45) is 11.1 Å². The molecule has 1 heterocycles. The highest BCUT2D eigenvalue weighted by Gasteiger charge is 2.21. The van der Waals surface area contributed by atoms with Gasteiger partial charge in [-0.05, 0) is 25.3 Å². The second-order valence-corrected chi connectivity index (χ2v) is 6.27. The van der Waals surface area contributed by atoms with E-state index in [9.17, 15) is 0 Å². The van der Waals surface area contributed by atoms with E-state index in [0.29, 0.717) is 11.5 Å². The van der Waals surface area contributed by atoms with Crippen molar-refractivity contribution < 1.29 is 0 Å². The molecule has 0 amide bonds. The van der Waals surface area contributed by atoms with E-state index in [0.717, 1.165) is 6.54 Å². The molecule has 0 aromatic heterocycles. The topological polar surface area (TPSA) is 32.5 Å². The van der Waals surface area contributed by atoms with Gasteiger partial charge in [-0.25, -0.2) is 0 Å². The summed E-state index contributed by atoms with van der Waals surface area (Å²) in [7, 11) is 0. The first-order valence-electron chi connectivity index (χ1n) is 6.59. The highest BCUT2D eigenvalue weighted by molar-refractivity contribution is 4.77. The van der Waals surface area contributed by atoms with Crippen LogP contribution >= 0.6 is 0 Å². The van der Waals surface area contributed by atoms with Crippen molar-refractivity contribution in [3.05, 3.63) is 0 Å². The van der Waals surface area contributed by atoms with Crippen LogP contribution in [0.25, 0.3) is 0 Å². The maximum Gasteiger partial charge on any atom is 0.0191 e. The summed E-state index contributed by atoms with van der Waals surface area (Å²) in [6, 6.07) is 0.546. The Kier molecular flexibility index (Phi) is 5.22. The Labute approximate surface area is 101 Å². The Hall–Kier alpha value is -0.120. The van der Waals surface area contributed by atoms with E-state index in [1.807, 2.05) is 0 Å². The third-order valence-corrected chi connectivity index (χ3v) is 3.55. The molecule has 16 heavy (non-hydrogen) atoms. The lowest BCUT2D eigenvalue weighted by atomic mass is 9.92. The number of nitrogens with two attached hydrogens (primary N) is 1. The Bertz CT molecular complexity index is 190. The predicted molar refractivity (Wildman–Crippen MR) is 70.6 cm³/mol. The van der Waals surface area contributed by atoms with Crippen LogP contribution in [0.2, 0.25) is 0 Å². The Morgan fingerprint density at radius 3 is 2.12 bits per heavy atom. The standard InChI is InChI=1S/C13H29N3/c1-12(11-14)16-9-7-15(8-10-16)6-5-13(2,3)4/h12H,5-11,14H2,1-4H3. The van der Waals surface area contributed by atoms with Gasteiger partial charge in [-0.3, -0.25) is 4.90 Å². The zero-order valence-electron chi connectivity index (χ0n) is 11.5. The lowest BCUT2D eigenvalue weighted by molar-refractivity contribution is 0.0969. The summed E-state index contributed by atoms with van der Waals surface area (Å²) in [6.07, 6.45) is 1.29. The molecule has 1 unspecified atom stereocenters. The van der Waals surface area contributed by atoms with E-state index >= 15 is 0 Å². The molecule has 0 aromatic carbocycles. The number of piperazine rings is 1. The first-order valence-corrected chi connectivity index (χ1v) is 6.59. The minimum atomic E-state index is 0.460. The predicted octanol–water partition coefficient (Wildman–Crippen LogP) is 1.39. The molecular formula is C13H29N3. The second kappa shape index (κ2) is 5.99. The van der Waals surface area contributed by atoms with Crippen molar-refractivity contribution in [2.45, 2.75) is 40.2 Å². The fourth-order valence-corrected chi connectivity index (χ4v) is 2.07. The number of rotatable bonds is 4. The molecule has 1 fully saturated rings. The molecule has 0 saturated carbocycles. The summed E-state index contributed by atoms with van der Waals surface area (Å²) in [5.74, 6) is 0. The van der Waals surface area contributed by atoms with E-state index in [2.05, 4.69) is 37.5 Å². The quantitative estimate of drug-likeness (QED) is 0.788. The third-order valence-electron chi connectivity index (χ3n) is 3.55. The molecule has 0 spiro atoms. The van der Waals surface area contributed by atoms with Gasteiger partial charge in [0, 0.05) is 38.8 Å². The SMILES string of the molecule is CC(CN)N1CCN(CCC(C)(C)C)CC1. The van der Waals surface area contributed by atoms with E-state index in [-0.39, 0.29) is 0 Å². The van der Waals surface area contributed by atoms with Crippen LogP contribution < -0.4 is 5.73 Å². The summed E-state index contributed by atoms with van der Waals surface area (Å²) < 4.78 is 0. The number of hydrogen-bond donors (Lipinski definition) is 1. The van der Waals surface area contributed by atoms with Crippen LogP contribution in [0, 0.1) is 5.41 Å². The van der Waals surface area contributed by atoms with E-state index in [1.165, 1.54) is 39.1 Å². The van der Waals surface area contributed by atoms with Gasteiger partial charge in [0.1, 0.15) is 0 Å². The first kappa shape index (κ1) is 13.9. The van der Waals surface area contributed by atoms with Crippen LogP contribution in [0.15, 0.2) is 0 Å². The molecule has 1 aliphatic rings. The molecule has 1 saturated heterocycles. The molecule has 1 rings (SSSR count). The maximum atomic E-state index is 5.70. The van der Waals surface area contributed by atoms with Crippen molar-refractivity contribution in [2.75, 3.05) is 39.3 Å². The second-order valence-electron chi connectivity index (χ2n) is 6.27. The van der Waals surface area contributed by atoms with Crippen LogP contribution in [0.4, 0.5) is 0 Å². The van der Waals surface area contributed by atoms with Crippen LogP contribution in [-0.4, -0.2) is 55.1 Å². The summed E-state index contributed by atoms with van der Waals surface area (Å²) in [5, 5.41) is 0. The number of nitrogens with zero attached hydrogens (tertiary/aromatic N) is 2. The third kappa shape index (κ3) is 4.81. The van der Waals surface area contributed by atoms with Crippen molar-refractivity contribution >= 4 is 0 Å². The van der Waals surface area contributed by atoms with Gasteiger partial charge < -0.3 is 10.6 Å². The zero-order valence-corrected chi connectivity index (χ0v) is 11.5. The van der Waals surface area contributed by atoms with Crippen LogP contribution in [0.3, 0.4) is 0 Å². The molecule has 0 aliphatic carbocycles. The first-order chi connectivity index (χ1) is 7.42. The minimum Gasteiger partial charge on any atom is -0.329 e. The summed E-state index contributed by atoms with van der Waals surface area (Å²) in [5.41, 5.74) is 6.16. The van der Waals surface area contributed by atoms with Crippen molar-refractivity contribution in [1.82, 2.24) is 9.80 Å². The average Bonchev–Trinajstić information content (AvgIpc) is 2.25. The Morgan fingerprint density at radius 1 is 1.12 bits per heavy atom.